The summed E-state index contributed by atoms with van der Waals surface area (Å²) < 4.78 is 1.99. The second-order valence-corrected chi connectivity index (χ2v) is 5.72. The van der Waals surface area contributed by atoms with Gasteiger partial charge in [-0.1, -0.05) is 26.8 Å². The van der Waals surface area contributed by atoms with E-state index < -0.39 is 0 Å². The number of hydrogen-bond donors (Lipinski definition) is 1. The van der Waals surface area contributed by atoms with Crippen molar-refractivity contribution in [2.75, 3.05) is 5.73 Å². The predicted molar refractivity (Wildman–Crippen MR) is 72.9 cm³/mol. The molecule has 4 heteroatoms. The standard InChI is InChI=1S/C14H18N4/c1-14(2,3)7-8-18-11-6-4-5-10(9-15)12(11)17-13(18)16/h4-6H,7-8H2,1-3H3,(H2,16,17). The van der Waals surface area contributed by atoms with Crippen LogP contribution < -0.4 is 5.73 Å². The second-order valence-electron chi connectivity index (χ2n) is 5.72. The molecular weight excluding hydrogens is 224 g/mol. The number of anilines is 1. The quantitative estimate of drug-likeness (QED) is 0.880. The molecule has 1 aromatic heterocycles. The Hall–Kier alpha value is -2.02. The molecule has 0 radical (unpaired) electrons. The summed E-state index contributed by atoms with van der Waals surface area (Å²) >= 11 is 0. The van der Waals surface area contributed by atoms with Crippen molar-refractivity contribution in [3.8, 4) is 6.07 Å². The van der Waals surface area contributed by atoms with Gasteiger partial charge < -0.3 is 10.3 Å². The summed E-state index contributed by atoms with van der Waals surface area (Å²) in [7, 11) is 0. The van der Waals surface area contributed by atoms with Crippen molar-refractivity contribution in [3.63, 3.8) is 0 Å². The van der Waals surface area contributed by atoms with Crippen LogP contribution in [0.3, 0.4) is 0 Å². The molecule has 0 bridgehead atoms. The lowest BCUT2D eigenvalue weighted by Gasteiger charge is -2.18. The molecular formula is C14H18N4. The zero-order chi connectivity index (χ0) is 13.3. The van der Waals surface area contributed by atoms with Gasteiger partial charge in [-0.25, -0.2) is 4.98 Å². The van der Waals surface area contributed by atoms with Gasteiger partial charge in [-0.3, -0.25) is 0 Å². The van der Waals surface area contributed by atoms with E-state index in [1.807, 2.05) is 16.7 Å². The van der Waals surface area contributed by atoms with E-state index in [2.05, 4.69) is 31.8 Å². The van der Waals surface area contributed by atoms with Gasteiger partial charge >= 0.3 is 0 Å². The van der Waals surface area contributed by atoms with Crippen LogP contribution in [-0.2, 0) is 6.54 Å². The Kier molecular flexibility index (Phi) is 3.00. The number of benzene rings is 1. The first-order chi connectivity index (χ1) is 8.42. The highest BCUT2D eigenvalue weighted by molar-refractivity contribution is 5.83. The smallest absolute Gasteiger partial charge is 0.201 e. The monoisotopic (exact) mass is 242 g/mol. The Morgan fingerprint density at radius 1 is 1.39 bits per heavy atom. The zero-order valence-corrected chi connectivity index (χ0v) is 11.1. The molecule has 0 unspecified atom stereocenters. The van der Waals surface area contributed by atoms with Crippen molar-refractivity contribution in [3.05, 3.63) is 23.8 Å². The van der Waals surface area contributed by atoms with E-state index in [-0.39, 0.29) is 5.41 Å². The average Bonchev–Trinajstić information content (AvgIpc) is 2.61. The molecule has 18 heavy (non-hydrogen) atoms. The Bertz CT molecular complexity index is 611. The van der Waals surface area contributed by atoms with Crippen molar-refractivity contribution in [2.45, 2.75) is 33.7 Å². The Morgan fingerprint density at radius 3 is 2.72 bits per heavy atom. The van der Waals surface area contributed by atoms with Gasteiger partial charge in [0, 0.05) is 6.54 Å². The summed E-state index contributed by atoms with van der Waals surface area (Å²) in [5, 5.41) is 9.05. The van der Waals surface area contributed by atoms with E-state index in [0.717, 1.165) is 18.5 Å². The summed E-state index contributed by atoms with van der Waals surface area (Å²) in [5.41, 5.74) is 8.41. The van der Waals surface area contributed by atoms with Gasteiger partial charge in [-0.2, -0.15) is 5.26 Å². The number of nitriles is 1. The van der Waals surface area contributed by atoms with Crippen molar-refractivity contribution < 1.29 is 0 Å². The molecule has 1 aromatic carbocycles. The lowest BCUT2D eigenvalue weighted by Crippen LogP contribution is -2.12. The Labute approximate surface area is 107 Å². The molecule has 0 amide bonds. The summed E-state index contributed by atoms with van der Waals surface area (Å²) in [6.45, 7) is 7.41. The molecule has 2 aromatic rings. The number of nitrogens with zero attached hydrogens (tertiary/aromatic N) is 3. The highest BCUT2D eigenvalue weighted by atomic mass is 15.1. The summed E-state index contributed by atoms with van der Waals surface area (Å²) in [6, 6.07) is 7.75. The molecule has 0 aliphatic heterocycles. The van der Waals surface area contributed by atoms with E-state index in [4.69, 9.17) is 11.0 Å². The average molecular weight is 242 g/mol. The fourth-order valence-corrected chi connectivity index (χ4v) is 1.94. The number of aromatic nitrogens is 2. The van der Waals surface area contributed by atoms with E-state index >= 15 is 0 Å². The summed E-state index contributed by atoms with van der Waals surface area (Å²) in [4.78, 5) is 4.30. The highest BCUT2D eigenvalue weighted by Gasteiger charge is 2.15. The summed E-state index contributed by atoms with van der Waals surface area (Å²) in [5.74, 6) is 0.483. The molecule has 1 heterocycles. The van der Waals surface area contributed by atoms with Crippen molar-refractivity contribution >= 4 is 17.0 Å². The third kappa shape index (κ3) is 2.30. The maximum absolute atomic E-state index is 9.05. The first kappa shape index (κ1) is 12.4. The maximum Gasteiger partial charge on any atom is 0.201 e. The third-order valence-electron chi connectivity index (χ3n) is 3.01. The van der Waals surface area contributed by atoms with Crippen LogP contribution in [-0.4, -0.2) is 9.55 Å². The minimum absolute atomic E-state index is 0.246. The van der Waals surface area contributed by atoms with Crippen molar-refractivity contribution in [1.82, 2.24) is 9.55 Å². The largest absolute Gasteiger partial charge is 0.369 e. The van der Waals surface area contributed by atoms with Gasteiger partial charge in [-0.15, -0.1) is 0 Å². The summed E-state index contributed by atoms with van der Waals surface area (Å²) in [6.07, 6.45) is 1.01. The van der Waals surface area contributed by atoms with E-state index in [1.165, 1.54) is 0 Å². The number of fused-ring (bicyclic) bond motifs is 1. The van der Waals surface area contributed by atoms with E-state index in [9.17, 15) is 0 Å². The van der Waals surface area contributed by atoms with Crippen LogP contribution >= 0.6 is 0 Å². The lowest BCUT2D eigenvalue weighted by molar-refractivity contribution is 0.354. The molecule has 0 aliphatic carbocycles. The topological polar surface area (TPSA) is 67.6 Å². The van der Waals surface area contributed by atoms with Gasteiger partial charge in [0.05, 0.1) is 11.1 Å². The fourth-order valence-electron chi connectivity index (χ4n) is 1.94. The zero-order valence-electron chi connectivity index (χ0n) is 11.1. The van der Waals surface area contributed by atoms with Crippen LogP contribution in [0.15, 0.2) is 18.2 Å². The van der Waals surface area contributed by atoms with Gasteiger partial charge in [0.2, 0.25) is 5.95 Å². The first-order valence-corrected chi connectivity index (χ1v) is 6.07. The minimum Gasteiger partial charge on any atom is -0.369 e. The fraction of sp³-hybridized carbons (Fsp3) is 0.429. The maximum atomic E-state index is 9.05. The van der Waals surface area contributed by atoms with Crippen LogP contribution in [0.25, 0.3) is 11.0 Å². The predicted octanol–water partition coefficient (Wildman–Crippen LogP) is 2.93. The van der Waals surface area contributed by atoms with Crippen LogP contribution in [0, 0.1) is 16.7 Å². The van der Waals surface area contributed by atoms with Gasteiger partial charge in [0.1, 0.15) is 11.6 Å². The Morgan fingerprint density at radius 2 is 2.11 bits per heavy atom. The van der Waals surface area contributed by atoms with E-state index in [0.29, 0.717) is 17.0 Å². The van der Waals surface area contributed by atoms with Gasteiger partial charge in [0.15, 0.2) is 0 Å². The second kappa shape index (κ2) is 4.34. The molecule has 0 aliphatic rings. The number of para-hydroxylation sites is 1. The van der Waals surface area contributed by atoms with Crippen molar-refractivity contribution in [2.24, 2.45) is 5.41 Å². The molecule has 0 atom stereocenters. The number of nitrogen functional groups attached to an aromatic ring is 1. The van der Waals surface area contributed by atoms with E-state index in [1.54, 1.807) is 6.07 Å². The Balaban J connectivity index is 2.46. The molecule has 4 nitrogen and oxygen atoms in total. The number of imidazole rings is 1. The first-order valence-electron chi connectivity index (χ1n) is 6.07. The molecule has 0 fully saturated rings. The number of nitrogens with two attached hydrogens (primary N) is 1. The number of hydrogen-bond acceptors (Lipinski definition) is 3. The van der Waals surface area contributed by atoms with Crippen LogP contribution in [0.1, 0.15) is 32.8 Å². The molecule has 0 saturated heterocycles. The third-order valence-corrected chi connectivity index (χ3v) is 3.01. The molecule has 94 valence electrons. The molecule has 0 spiro atoms. The van der Waals surface area contributed by atoms with Crippen molar-refractivity contribution in [1.29, 1.82) is 5.26 Å². The van der Waals surface area contributed by atoms with Gasteiger partial charge in [-0.05, 0) is 24.0 Å². The lowest BCUT2D eigenvalue weighted by atomic mass is 9.92. The number of aryl methyl sites for hydroxylation is 1. The molecule has 0 saturated carbocycles. The molecule has 2 N–H and O–H groups in total. The van der Waals surface area contributed by atoms with Crippen LogP contribution in [0.2, 0.25) is 0 Å². The molecule has 2 rings (SSSR count). The van der Waals surface area contributed by atoms with Crippen LogP contribution in [0.4, 0.5) is 5.95 Å². The minimum atomic E-state index is 0.246. The highest BCUT2D eigenvalue weighted by Crippen LogP contribution is 2.25. The normalized spacial score (nSPS) is 11.7. The van der Waals surface area contributed by atoms with Gasteiger partial charge in [0.25, 0.3) is 0 Å². The number of rotatable bonds is 2. The SMILES string of the molecule is CC(C)(C)CCn1c(N)nc2c(C#N)cccc21. The van der Waals surface area contributed by atoms with Crippen LogP contribution in [0.5, 0.6) is 0 Å².